The third-order valence-corrected chi connectivity index (χ3v) is 5.44. The highest BCUT2D eigenvalue weighted by molar-refractivity contribution is 5.91. The minimum atomic E-state index is -5.24. The zero-order valence-corrected chi connectivity index (χ0v) is 17.2. The number of carbonyl (C=O) groups is 3. The van der Waals surface area contributed by atoms with Gasteiger partial charge in [0.05, 0.1) is 0 Å². The molecule has 1 aliphatic rings. The van der Waals surface area contributed by atoms with Crippen LogP contribution in [0.2, 0.25) is 0 Å². The quantitative estimate of drug-likeness (QED) is 0.626. The van der Waals surface area contributed by atoms with Gasteiger partial charge in [0.25, 0.3) is 0 Å². The van der Waals surface area contributed by atoms with Gasteiger partial charge in [-0.1, -0.05) is 48.5 Å². The summed E-state index contributed by atoms with van der Waals surface area (Å²) in [7, 11) is 0. The van der Waals surface area contributed by atoms with Gasteiger partial charge in [-0.2, -0.15) is 13.2 Å². The van der Waals surface area contributed by atoms with E-state index in [0.717, 1.165) is 29.2 Å². The van der Waals surface area contributed by atoms with Crippen LogP contribution in [0.5, 0.6) is 0 Å². The Hall–Kier alpha value is -3.56. The number of alkyl carbamates (subject to hydrolysis) is 1. The van der Waals surface area contributed by atoms with Crippen LogP contribution in [0.3, 0.4) is 0 Å². The molecule has 0 aliphatic heterocycles. The highest BCUT2D eigenvalue weighted by atomic mass is 19.4. The highest BCUT2D eigenvalue weighted by Crippen LogP contribution is 2.44. The standard InChI is InChI=1S/C22H21F3N2O5/c1-12(18(28)27-21(2,19(29)30)22(23,24)25)26-20(31)32-11-17-15-9-5-3-7-13(15)14-8-4-6-10-16(14)17/h3-10,12,17H,11H2,1-2H3,(H,26,31)(H,27,28)(H,29,30). The first-order chi connectivity index (χ1) is 15.0. The highest BCUT2D eigenvalue weighted by Gasteiger charge is 2.58. The number of carboxylic acids is 1. The fourth-order valence-corrected chi connectivity index (χ4v) is 3.48. The van der Waals surface area contributed by atoms with E-state index in [-0.39, 0.29) is 12.5 Å². The molecule has 2 unspecified atom stereocenters. The van der Waals surface area contributed by atoms with Crippen LogP contribution in [0.15, 0.2) is 48.5 Å². The Kier molecular flexibility index (Phi) is 6.16. The summed E-state index contributed by atoms with van der Waals surface area (Å²) in [6.07, 6.45) is -6.25. The van der Waals surface area contributed by atoms with Crippen LogP contribution in [0.25, 0.3) is 11.1 Å². The maximum Gasteiger partial charge on any atom is 0.422 e. The third kappa shape index (κ3) is 4.25. The van der Waals surface area contributed by atoms with E-state index in [2.05, 4.69) is 5.32 Å². The van der Waals surface area contributed by atoms with Gasteiger partial charge < -0.3 is 20.5 Å². The molecule has 32 heavy (non-hydrogen) atoms. The SMILES string of the molecule is CC(NC(=O)OCC1c2ccccc2-c2ccccc21)C(=O)NC(C)(C(=O)O)C(F)(F)F. The molecule has 10 heteroatoms. The fourth-order valence-electron chi connectivity index (χ4n) is 3.48. The summed E-state index contributed by atoms with van der Waals surface area (Å²) >= 11 is 0. The van der Waals surface area contributed by atoms with Crippen LogP contribution < -0.4 is 10.6 Å². The summed E-state index contributed by atoms with van der Waals surface area (Å²) in [4.78, 5) is 35.3. The van der Waals surface area contributed by atoms with Crippen molar-refractivity contribution < 1.29 is 37.4 Å². The van der Waals surface area contributed by atoms with Crippen molar-refractivity contribution in [2.24, 2.45) is 0 Å². The van der Waals surface area contributed by atoms with Gasteiger partial charge in [-0.15, -0.1) is 0 Å². The number of amides is 2. The van der Waals surface area contributed by atoms with Crippen LogP contribution in [0.4, 0.5) is 18.0 Å². The van der Waals surface area contributed by atoms with Gasteiger partial charge in [-0.05, 0) is 36.1 Å². The Morgan fingerprint density at radius 2 is 1.53 bits per heavy atom. The van der Waals surface area contributed by atoms with E-state index in [1.165, 1.54) is 5.32 Å². The van der Waals surface area contributed by atoms with Crippen LogP contribution in [-0.2, 0) is 14.3 Å². The first kappa shape index (κ1) is 23.1. The number of hydrogen-bond donors (Lipinski definition) is 3. The number of rotatable bonds is 6. The number of hydrogen-bond acceptors (Lipinski definition) is 4. The monoisotopic (exact) mass is 450 g/mol. The van der Waals surface area contributed by atoms with Crippen LogP contribution in [0, 0.1) is 0 Å². The number of alkyl halides is 3. The molecule has 170 valence electrons. The molecule has 0 aromatic heterocycles. The Morgan fingerprint density at radius 1 is 1.03 bits per heavy atom. The molecule has 0 spiro atoms. The van der Waals surface area contributed by atoms with Crippen molar-refractivity contribution in [3.8, 4) is 11.1 Å². The van der Waals surface area contributed by atoms with E-state index in [1.54, 1.807) is 0 Å². The number of aliphatic carboxylic acids is 1. The first-order valence-corrected chi connectivity index (χ1v) is 9.69. The molecule has 2 atom stereocenters. The number of halogens is 3. The van der Waals surface area contributed by atoms with Crippen LogP contribution in [0.1, 0.15) is 30.9 Å². The Labute approximate surface area is 181 Å². The molecular formula is C22H21F3N2O5. The van der Waals surface area contributed by atoms with E-state index in [4.69, 9.17) is 9.84 Å². The zero-order valence-electron chi connectivity index (χ0n) is 17.2. The molecule has 3 rings (SSSR count). The van der Waals surface area contributed by atoms with E-state index in [9.17, 15) is 27.6 Å². The van der Waals surface area contributed by atoms with E-state index in [0.29, 0.717) is 6.92 Å². The number of nitrogens with one attached hydrogen (secondary N) is 2. The van der Waals surface area contributed by atoms with Gasteiger partial charge in [0.2, 0.25) is 11.4 Å². The molecule has 0 heterocycles. The summed E-state index contributed by atoms with van der Waals surface area (Å²) in [5, 5.41) is 12.5. The third-order valence-electron chi connectivity index (χ3n) is 5.44. The molecule has 0 radical (unpaired) electrons. The lowest BCUT2D eigenvalue weighted by atomic mass is 9.98. The molecule has 0 saturated heterocycles. The lowest BCUT2D eigenvalue weighted by molar-refractivity contribution is -0.207. The number of benzene rings is 2. The molecule has 2 amide bonds. The predicted octanol–water partition coefficient (Wildman–Crippen LogP) is 3.44. The number of ether oxygens (including phenoxy) is 1. The number of carbonyl (C=O) groups excluding carboxylic acids is 2. The van der Waals surface area contributed by atoms with E-state index >= 15 is 0 Å². The largest absolute Gasteiger partial charge is 0.479 e. The van der Waals surface area contributed by atoms with Gasteiger partial charge in [0.1, 0.15) is 12.6 Å². The maximum atomic E-state index is 13.1. The molecule has 0 saturated carbocycles. The summed E-state index contributed by atoms with van der Waals surface area (Å²) in [6, 6.07) is 13.8. The van der Waals surface area contributed by atoms with Crippen molar-refractivity contribution in [1.82, 2.24) is 10.6 Å². The molecule has 3 N–H and O–H groups in total. The minimum Gasteiger partial charge on any atom is -0.479 e. The molecule has 1 aliphatic carbocycles. The Balaban J connectivity index is 1.63. The van der Waals surface area contributed by atoms with Crippen molar-refractivity contribution in [2.75, 3.05) is 6.61 Å². The van der Waals surface area contributed by atoms with Gasteiger partial charge in [-0.3, -0.25) is 4.79 Å². The maximum absolute atomic E-state index is 13.1. The van der Waals surface area contributed by atoms with Gasteiger partial charge >= 0.3 is 18.2 Å². The summed E-state index contributed by atoms with van der Waals surface area (Å²) < 4.78 is 44.4. The molecule has 7 nitrogen and oxygen atoms in total. The number of carboxylic acid groups (broad SMARTS) is 1. The second kappa shape index (κ2) is 8.52. The zero-order chi connectivity index (χ0) is 23.7. The smallest absolute Gasteiger partial charge is 0.422 e. The second-order valence-electron chi connectivity index (χ2n) is 7.61. The lowest BCUT2D eigenvalue weighted by Crippen LogP contribution is -2.64. The van der Waals surface area contributed by atoms with Gasteiger partial charge in [0.15, 0.2) is 0 Å². The average molecular weight is 450 g/mol. The summed E-state index contributed by atoms with van der Waals surface area (Å²) in [5.74, 6) is -3.83. The average Bonchev–Trinajstić information content (AvgIpc) is 3.05. The van der Waals surface area contributed by atoms with Crippen molar-refractivity contribution in [2.45, 2.75) is 37.5 Å². The van der Waals surface area contributed by atoms with Crippen molar-refractivity contribution in [3.05, 3.63) is 59.7 Å². The van der Waals surface area contributed by atoms with Crippen LogP contribution >= 0.6 is 0 Å². The lowest BCUT2D eigenvalue weighted by Gasteiger charge is -2.29. The summed E-state index contributed by atoms with van der Waals surface area (Å²) in [6.45, 7) is 1.40. The minimum absolute atomic E-state index is 0.0520. The summed E-state index contributed by atoms with van der Waals surface area (Å²) in [5.41, 5.74) is 0.473. The Bertz CT molecular complexity index is 1010. The van der Waals surface area contributed by atoms with E-state index in [1.807, 2.05) is 48.5 Å². The van der Waals surface area contributed by atoms with E-state index < -0.39 is 35.7 Å². The molecule has 0 fully saturated rings. The fraction of sp³-hybridized carbons (Fsp3) is 0.318. The van der Waals surface area contributed by atoms with Crippen LogP contribution in [-0.4, -0.2) is 47.4 Å². The normalized spacial score (nSPS) is 15.7. The second-order valence-corrected chi connectivity index (χ2v) is 7.61. The number of fused-ring (bicyclic) bond motifs is 3. The predicted molar refractivity (Wildman–Crippen MR) is 108 cm³/mol. The van der Waals surface area contributed by atoms with Crippen molar-refractivity contribution in [3.63, 3.8) is 0 Å². The molecule has 2 aromatic carbocycles. The first-order valence-electron chi connectivity index (χ1n) is 9.69. The van der Waals surface area contributed by atoms with Crippen molar-refractivity contribution in [1.29, 1.82) is 0 Å². The van der Waals surface area contributed by atoms with Crippen molar-refractivity contribution >= 4 is 18.0 Å². The molecular weight excluding hydrogens is 429 g/mol. The molecule has 2 aromatic rings. The Morgan fingerprint density at radius 3 is 2.00 bits per heavy atom. The topological polar surface area (TPSA) is 105 Å². The van der Waals surface area contributed by atoms with Gasteiger partial charge in [-0.25, -0.2) is 9.59 Å². The van der Waals surface area contributed by atoms with Gasteiger partial charge in [0, 0.05) is 5.92 Å². The molecule has 0 bridgehead atoms.